The highest BCUT2D eigenvalue weighted by Crippen LogP contribution is 2.36. The summed E-state index contributed by atoms with van der Waals surface area (Å²) in [6.07, 6.45) is -0.0359. The maximum atomic E-state index is 12.3. The van der Waals surface area contributed by atoms with Gasteiger partial charge in [-0.05, 0) is 32.4 Å². The summed E-state index contributed by atoms with van der Waals surface area (Å²) in [4.78, 5) is 24.2. The van der Waals surface area contributed by atoms with Crippen molar-refractivity contribution < 1.29 is 14.3 Å². The van der Waals surface area contributed by atoms with E-state index in [1.54, 1.807) is 26.8 Å². The minimum absolute atomic E-state index is 0.126. The average Bonchev–Trinajstić information content (AvgIpc) is 2.37. The van der Waals surface area contributed by atoms with Crippen molar-refractivity contribution in [2.24, 2.45) is 0 Å². The molecule has 1 N–H and O–H groups in total. The lowest BCUT2D eigenvalue weighted by Crippen LogP contribution is -2.34. The van der Waals surface area contributed by atoms with E-state index in [0.29, 0.717) is 16.3 Å². The van der Waals surface area contributed by atoms with Crippen molar-refractivity contribution in [1.29, 1.82) is 0 Å². The molecule has 0 spiro atoms. The molecule has 0 aliphatic carbocycles. The van der Waals surface area contributed by atoms with Gasteiger partial charge >= 0.3 is 5.97 Å². The zero-order valence-corrected chi connectivity index (χ0v) is 13.0. The molecule has 112 valence electrons. The number of ether oxygens (including phenoxy) is 1. The first kappa shape index (κ1) is 15.6. The first-order valence-corrected chi connectivity index (χ1v) is 7.24. The Hall–Kier alpha value is -1.81. The lowest BCUT2D eigenvalue weighted by Gasteiger charge is -2.27. The number of nitrogens with one attached hydrogen (secondary N) is 1. The second-order valence-electron chi connectivity index (χ2n) is 5.32. The second-order valence-corrected chi connectivity index (χ2v) is 5.73. The molecule has 2 rings (SSSR count). The van der Waals surface area contributed by atoms with Gasteiger partial charge in [-0.15, -0.1) is 0 Å². The van der Waals surface area contributed by atoms with E-state index in [2.05, 4.69) is 5.32 Å². The number of carbonyl (C=O) groups excluding carboxylic acids is 2. The summed E-state index contributed by atoms with van der Waals surface area (Å²) < 4.78 is 5.30. The van der Waals surface area contributed by atoms with Gasteiger partial charge in [0.25, 0.3) is 0 Å². The van der Waals surface area contributed by atoms with Crippen molar-refractivity contribution in [3.63, 3.8) is 0 Å². The van der Waals surface area contributed by atoms with Gasteiger partial charge < -0.3 is 10.1 Å². The summed E-state index contributed by atoms with van der Waals surface area (Å²) in [7, 11) is 0. The van der Waals surface area contributed by atoms with Gasteiger partial charge in [0.1, 0.15) is 0 Å². The first-order chi connectivity index (χ1) is 9.90. The van der Waals surface area contributed by atoms with E-state index in [9.17, 15) is 9.59 Å². The molecule has 0 saturated carbocycles. The van der Waals surface area contributed by atoms with Crippen LogP contribution in [0.4, 0.5) is 0 Å². The highest BCUT2D eigenvalue weighted by Gasteiger charge is 2.33. The number of benzene rings is 1. The molecule has 0 fully saturated rings. The van der Waals surface area contributed by atoms with Gasteiger partial charge in [0.05, 0.1) is 11.7 Å². The van der Waals surface area contributed by atoms with Gasteiger partial charge in [0, 0.05) is 23.1 Å². The van der Waals surface area contributed by atoms with Gasteiger partial charge in [-0.1, -0.05) is 29.8 Å². The van der Waals surface area contributed by atoms with Crippen molar-refractivity contribution in [3.05, 3.63) is 46.1 Å². The Morgan fingerprint density at radius 3 is 2.67 bits per heavy atom. The summed E-state index contributed by atoms with van der Waals surface area (Å²) in [6.45, 7) is 5.29. The normalized spacial score (nSPS) is 18.7. The number of carbonyl (C=O) groups is 2. The van der Waals surface area contributed by atoms with Crippen LogP contribution >= 0.6 is 11.6 Å². The highest BCUT2D eigenvalue weighted by molar-refractivity contribution is 6.31. The Morgan fingerprint density at radius 1 is 1.38 bits per heavy atom. The molecule has 1 aromatic rings. The first-order valence-electron chi connectivity index (χ1n) is 6.86. The zero-order chi connectivity index (χ0) is 15.6. The van der Waals surface area contributed by atoms with E-state index in [-0.39, 0.29) is 24.3 Å². The molecular weight excluding hydrogens is 290 g/mol. The van der Waals surface area contributed by atoms with Crippen molar-refractivity contribution in [2.75, 3.05) is 0 Å². The van der Waals surface area contributed by atoms with E-state index >= 15 is 0 Å². The Balaban J connectivity index is 2.46. The van der Waals surface area contributed by atoms with E-state index in [0.717, 1.165) is 5.56 Å². The number of hydrogen-bond donors (Lipinski definition) is 1. The molecule has 1 aliphatic heterocycles. The van der Waals surface area contributed by atoms with Gasteiger partial charge in [-0.3, -0.25) is 4.79 Å². The fraction of sp³-hybridized carbons (Fsp3) is 0.375. The summed E-state index contributed by atoms with van der Waals surface area (Å²) in [5.74, 6) is -0.912. The third kappa shape index (κ3) is 3.45. The topological polar surface area (TPSA) is 55.4 Å². The van der Waals surface area contributed by atoms with Gasteiger partial charge in [0.15, 0.2) is 0 Å². The number of amides is 1. The lowest BCUT2D eigenvalue weighted by molar-refractivity contribution is -0.143. The summed E-state index contributed by atoms with van der Waals surface area (Å²) in [6, 6.07) is 7.25. The molecule has 1 amide bonds. The number of halogens is 1. The fourth-order valence-corrected chi connectivity index (χ4v) is 2.74. The van der Waals surface area contributed by atoms with Gasteiger partial charge in [-0.25, -0.2) is 4.79 Å². The van der Waals surface area contributed by atoms with Crippen LogP contribution in [0.15, 0.2) is 35.5 Å². The average molecular weight is 308 g/mol. The predicted molar refractivity (Wildman–Crippen MR) is 80.9 cm³/mol. The summed E-state index contributed by atoms with van der Waals surface area (Å²) in [5.41, 5.74) is 1.77. The molecule has 1 heterocycles. The second kappa shape index (κ2) is 6.31. The zero-order valence-electron chi connectivity index (χ0n) is 12.3. The molecule has 0 aromatic heterocycles. The number of rotatable bonds is 3. The molecule has 4 nitrogen and oxygen atoms in total. The number of esters is 1. The van der Waals surface area contributed by atoms with Crippen molar-refractivity contribution in [3.8, 4) is 0 Å². The van der Waals surface area contributed by atoms with Crippen molar-refractivity contribution in [1.82, 2.24) is 5.32 Å². The van der Waals surface area contributed by atoms with Crippen molar-refractivity contribution >= 4 is 23.5 Å². The van der Waals surface area contributed by atoms with Gasteiger partial charge in [0.2, 0.25) is 5.91 Å². The molecule has 1 atom stereocenters. The van der Waals surface area contributed by atoms with Crippen LogP contribution in [0, 0.1) is 0 Å². The van der Waals surface area contributed by atoms with Crippen LogP contribution in [0.3, 0.4) is 0 Å². The van der Waals surface area contributed by atoms with Crippen LogP contribution < -0.4 is 5.32 Å². The molecule has 1 aromatic carbocycles. The summed E-state index contributed by atoms with van der Waals surface area (Å²) in [5, 5.41) is 3.24. The summed E-state index contributed by atoms with van der Waals surface area (Å²) >= 11 is 6.22. The van der Waals surface area contributed by atoms with E-state index in [1.807, 2.05) is 18.2 Å². The van der Waals surface area contributed by atoms with Crippen LogP contribution in [-0.4, -0.2) is 18.0 Å². The van der Waals surface area contributed by atoms with Crippen LogP contribution in [-0.2, 0) is 14.3 Å². The Morgan fingerprint density at radius 2 is 2.05 bits per heavy atom. The van der Waals surface area contributed by atoms with Crippen LogP contribution in [0.25, 0.3) is 0 Å². The highest BCUT2D eigenvalue weighted by atomic mass is 35.5. The van der Waals surface area contributed by atoms with E-state index < -0.39 is 5.97 Å². The SMILES string of the molecule is CC1=C(C(=O)OC(C)C)[C@H](c2ccccc2Cl)CC(=O)N1. The Bertz CT molecular complexity index is 607. The Kier molecular flexibility index (Phi) is 4.68. The van der Waals surface area contributed by atoms with E-state index in [1.165, 1.54) is 0 Å². The monoisotopic (exact) mass is 307 g/mol. The minimum Gasteiger partial charge on any atom is -0.460 e. The minimum atomic E-state index is -0.410. The molecule has 0 saturated heterocycles. The number of allylic oxidation sites excluding steroid dienone is 1. The molecule has 0 bridgehead atoms. The quantitative estimate of drug-likeness (QED) is 0.873. The maximum absolute atomic E-state index is 12.3. The van der Waals surface area contributed by atoms with Crippen molar-refractivity contribution in [2.45, 2.75) is 39.2 Å². The third-order valence-electron chi connectivity index (χ3n) is 3.31. The largest absolute Gasteiger partial charge is 0.460 e. The molecular formula is C16H18ClNO3. The smallest absolute Gasteiger partial charge is 0.336 e. The standard InChI is InChI=1S/C16H18ClNO3/c1-9(2)21-16(20)15-10(3)18-14(19)8-12(15)11-6-4-5-7-13(11)17/h4-7,9,12H,8H2,1-3H3,(H,18,19)/t12-/m0/s1. The molecule has 0 radical (unpaired) electrons. The van der Waals surface area contributed by atoms with Crippen LogP contribution in [0.1, 0.15) is 38.7 Å². The van der Waals surface area contributed by atoms with Crippen LogP contribution in [0.2, 0.25) is 5.02 Å². The van der Waals surface area contributed by atoms with Crippen LogP contribution in [0.5, 0.6) is 0 Å². The number of hydrogen-bond acceptors (Lipinski definition) is 3. The Labute approximate surface area is 129 Å². The lowest BCUT2D eigenvalue weighted by atomic mass is 9.84. The molecule has 0 unspecified atom stereocenters. The molecule has 1 aliphatic rings. The molecule has 5 heteroatoms. The predicted octanol–water partition coefficient (Wildman–Crippen LogP) is 3.17. The maximum Gasteiger partial charge on any atom is 0.336 e. The van der Waals surface area contributed by atoms with E-state index in [4.69, 9.17) is 16.3 Å². The molecule has 21 heavy (non-hydrogen) atoms. The van der Waals surface area contributed by atoms with Gasteiger partial charge in [-0.2, -0.15) is 0 Å². The fourth-order valence-electron chi connectivity index (χ4n) is 2.47. The third-order valence-corrected chi connectivity index (χ3v) is 3.66.